The summed E-state index contributed by atoms with van der Waals surface area (Å²) in [6.07, 6.45) is 4.85. The first-order valence-electron chi connectivity index (χ1n) is 7.52. The van der Waals surface area contributed by atoms with Crippen LogP contribution in [0.25, 0.3) is 11.1 Å². The Kier molecular flexibility index (Phi) is 3.66. The summed E-state index contributed by atoms with van der Waals surface area (Å²) in [6, 6.07) is 6.79. The molecule has 1 atom stereocenters. The second kappa shape index (κ2) is 5.44. The fourth-order valence-corrected chi connectivity index (χ4v) is 3.08. The van der Waals surface area contributed by atoms with E-state index >= 15 is 0 Å². The Bertz CT molecular complexity index is 648. The molecule has 4 nitrogen and oxygen atoms in total. The van der Waals surface area contributed by atoms with Gasteiger partial charge in [-0.15, -0.1) is 0 Å². The van der Waals surface area contributed by atoms with Crippen LogP contribution >= 0.6 is 0 Å². The van der Waals surface area contributed by atoms with E-state index in [0.29, 0.717) is 11.6 Å². The van der Waals surface area contributed by atoms with Crippen LogP contribution < -0.4 is 11.1 Å². The lowest BCUT2D eigenvalue weighted by molar-refractivity contribution is 0.399. The number of nitrogens with zero attached hydrogens (tertiary/aromatic N) is 1. The van der Waals surface area contributed by atoms with Crippen LogP contribution in [-0.2, 0) is 6.42 Å². The average Bonchev–Trinajstić information content (AvgIpc) is 2.75. The molecule has 1 unspecified atom stereocenters. The number of benzene rings is 1. The number of nitrogens with one attached hydrogen (secondary N) is 1. The highest BCUT2D eigenvalue weighted by atomic mass is 16.4. The third kappa shape index (κ3) is 2.52. The molecule has 0 saturated carbocycles. The minimum absolute atomic E-state index is 0.117. The van der Waals surface area contributed by atoms with Crippen LogP contribution in [0.3, 0.4) is 0 Å². The highest BCUT2D eigenvalue weighted by molar-refractivity contribution is 5.74. The Morgan fingerprint density at radius 1 is 1.40 bits per heavy atom. The molecule has 1 aliphatic heterocycles. The Morgan fingerprint density at radius 2 is 2.25 bits per heavy atom. The summed E-state index contributed by atoms with van der Waals surface area (Å²) in [5, 5.41) is 3.57. The van der Waals surface area contributed by atoms with Crippen molar-refractivity contribution >= 4 is 11.1 Å². The zero-order valence-electron chi connectivity index (χ0n) is 12.2. The van der Waals surface area contributed by atoms with Gasteiger partial charge in [0.05, 0.1) is 5.52 Å². The van der Waals surface area contributed by atoms with Gasteiger partial charge in [0.15, 0.2) is 5.58 Å². The Labute approximate surface area is 118 Å². The van der Waals surface area contributed by atoms with Crippen LogP contribution in [0, 0.1) is 0 Å². The quantitative estimate of drug-likeness (QED) is 0.936. The Hall–Kier alpha value is -1.55. The number of rotatable bonds is 3. The van der Waals surface area contributed by atoms with Gasteiger partial charge in [0, 0.05) is 12.1 Å². The average molecular weight is 274 g/mol. The summed E-state index contributed by atoms with van der Waals surface area (Å²) in [5.74, 6) is -0.261. The molecule has 2 heterocycles. The topological polar surface area (TPSA) is 47.2 Å². The van der Waals surface area contributed by atoms with Crippen LogP contribution in [0.5, 0.6) is 0 Å². The zero-order chi connectivity index (χ0) is 14.1. The molecule has 0 bridgehead atoms. The predicted molar refractivity (Wildman–Crippen MR) is 80.2 cm³/mol. The van der Waals surface area contributed by atoms with E-state index in [1.54, 1.807) is 4.57 Å². The van der Waals surface area contributed by atoms with Crippen molar-refractivity contribution in [2.75, 3.05) is 6.54 Å². The molecule has 1 aliphatic rings. The van der Waals surface area contributed by atoms with Crippen molar-refractivity contribution in [2.24, 2.45) is 0 Å². The van der Waals surface area contributed by atoms with E-state index in [2.05, 4.69) is 17.4 Å². The molecule has 4 heteroatoms. The maximum absolute atomic E-state index is 11.9. The molecule has 0 spiro atoms. The number of piperidine rings is 1. The van der Waals surface area contributed by atoms with Crippen molar-refractivity contribution in [3.63, 3.8) is 0 Å². The van der Waals surface area contributed by atoms with Gasteiger partial charge in [-0.3, -0.25) is 4.57 Å². The van der Waals surface area contributed by atoms with Crippen LogP contribution in [-0.4, -0.2) is 17.2 Å². The molecular weight excluding hydrogens is 252 g/mol. The molecule has 0 radical (unpaired) electrons. The van der Waals surface area contributed by atoms with Gasteiger partial charge in [-0.1, -0.05) is 12.5 Å². The zero-order valence-corrected chi connectivity index (χ0v) is 12.2. The molecular formula is C16H22N2O2. The molecule has 1 saturated heterocycles. The first-order valence-corrected chi connectivity index (χ1v) is 7.52. The Balaban J connectivity index is 1.92. The summed E-state index contributed by atoms with van der Waals surface area (Å²) >= 11 is 0. The van der Waals surface area contributed by atoms with E-state index in [-0.39, 0.29) is 11.8 Å². The normalized spacial score (nSPS) is 19.9. The van der Waals surface area contributed by atoms with E-state index in [1.165, 1.54) is 24.8 Å². The van der Waals surface area contributed by atoms with Gasteiger partial charge in [0.1, 0.15) is 0 Å². The summed E-state index contributed by atoms with van der Waals surface area (Å²) in [5.41, 5.74) is 2.87. The van der Waals surface area contributed by atoms with E-state index in [4.69, 9.17) is 4.42 Å². The summed E-state index contributed by atoms with van der Waals surface area (Å²) < 4.78 is 7.03. The molecule has 1 fully saturated rings. The predicted octanol–water partition coefficient (Wildman–Crippen LogP) is 2.86. The van der Waals surface area contributed by atoms with Gasteiger partial charge in [-0.2, -0.15) is 0 Å². The third-order valence-electron chi connectivity index (χ3n) is 4.09. The van der Waals surface area contributed by atoms with Crippen LogP contribution in [0.4, 0.5) is 0 Å². The van der Waals surface area contributed by atoms with Gasteiger partial charge < -0.3 is 9.73 Å². The molecule has 0 aliphatic carbocycles. The number of oxazole rings is 1. The number of aromatic nitrogens is 1. The van der Waals surface area contributed by atoms with Crippen LogP contribution in [0.1, 0.15) is 44.7 Å². The van der Waals surface area contributed by atoms with Crippen molar-refractivity contribution in [1.82, 2.24) is 9.88 Å². The molecule has 1 aromatic carbocycles. The first kappa shape index (κ1) is 13.4. The first-order chi connectivity index (χ1) is 9.65. The summed E-state index contributed by atoms with van der Waals surface area (Å²) in [6.45, 7) is 5.13. The van der Waals surface area contributed by atoms with Crippen LogP contribution in [0.15, 0.2) is 27.4 Å². The minimum Gasteiger partial charge on any atom is -0.408 e. The van der Waals surface area contributed by atoms with Crippen molar-refractivity contribution in [3.8, 4) is 0 Å². The van der Waals surface area contributed by atoms with E-state index in [1.807, 2.05) is 19.9 Å². The van der Waals surface area contributed by atoms with Crippen molar-refractivity contribution < 1.29 is 4.42 Å². The highest BCUT2D eigenvalue weighted by Crippen LogP contribution is 2.20. The van der Waals surface area contributed by atoms with E-state index in [0.717, 1.165) is 18.5 Å². The second-order valence-electron chi connectivity index (χ2n) is 5.98. The fraction of sp³-hybridized carbons (Fsp3) is 0.562. The molecule has 3 rings (SSSR count). The summed E-state index contributed by atoms with van der Waals surface area (Å²) in [4.78, 5) is 11.9. The maximum atomic E-state index is 11.9. The molecule has 0 amide bonds. The molecule has 108 valence electrons. The second-order valence-corrected chi connectivity index (χ2v) is 5.98. The lowest BCUT2D eigenvalue weighted by Gasteiger charge is -2.23. The SMILES string of the molecule is CC(C)n1c(=O)oc2ccc(CC3CCCCN3)cc21. The number of fused-ring (bicyclic) bond motifs is 1. The van der Waals surface area contributed by atoms with Crippen molar-refractivity contribution in [1.29, 1.82) is 0 Å². The summed E-state index contributed by atoms with van der Waals surface area (Å²) in [7, 11) is 0. The largest absolute Gasteiger partial charge is 0.420 e. The van der Waals surface area contributed by atoms with Crippen LogP contribution in [0.2, 0.25) is 0 Å². The molecule has 1 N–H and O–H groups in total. The monoisotopic (exact) mass is 274 g/mol. The van der Waals surface area contributed by atoms with Gasteiger partial charge >= 0.3 is 5.76 Å². The van der Waals surface area contributed by atoms with E-state index in [9.17, 15) is 4.79 Å². The lowest BCUT2D eigenvalue weighted by atomic mass is 9.97. The fourth-order valence-electron chi connectivity index (χ4n) is 3.08. The lowest BCUT2D eigenvalue weighted by Crippen LogP contribution is -2.35. The molecule has 1 aromatic heterocycles. The third-order valence-corrected chi connectivity index (χ3v) is 4.09. The van der Waals surface area contributed by atoms with E-state index < -0.39 is 0 Å². The smallest absolute Gasteiger partial charge is 0.408 e. The molecule has 20 heavy (non-hydrogen) atoms. The van der Waals surface area contributed by atoms with Gasteiger partial charge in [-0.25, -0.2) is 4.79 Å². The number of hydrogen-bond acceptors (Lipinski definition) is 3. The van der Waals surface area contributed by atoms with Gasteiger partial charge in [0.2, 0.25) is 0 Å². The number of hydrogen-bond donors (Lipinski definition) is 1. The van der Waals surface area contributed by atoms with Crippen molar-refractivity contribution in [3.05, 3.63) is 34.3 Å². The van der Waals surface area contributed by atoms with Gasteiger partial charge in [-0.05, 0) is 57.4 Å². The molecule has 2 aromatic rings. The minimum atomic E-state index is -0.261. The maximum Gasteiger partial charge on any atom is 0.420 e. The Morgan fingerprint density at radius 3 is 2.95 bits per heavy atom. The standard InChI is InChI=1S/C16H22N2O2/c1-11(2)18-14-10-12(6-7-15(14)20-16(18)19)9-13-5-3-4-8-17-13/h6-7,10-11,13,17H,3-5,8-9H2,1-2H3. The highest BCUT2D eigenvalue weighted by Gasteiger charge is 2.16. The van der Waals surface area contributed by atoms with Crippen molar-refractivity contribution in [2.45, 2.75) is 51.6 Å². The van der Waals surface area contributed by atoms with Gasteiger partial charge in [0.25, 0.3) is 0 Å².